The van der Waals surface area contributed by atoms with Gasteiger partial charge in [0.05, 0.1) is 19.2 Å². The first-order valence-corrected chi connectivity index (χ1v) is 6.60. The van der Waals surface area contributed by atoms with E-state index < -0.39 is 0 Å². The van der Waals surface area contributed by atoms with Gasteiger partial charge in [-0.1, -0.05) is 18.2 Å². The summed E-state index contributed by atoms with van der Waals surface area (Å²) in [6.45, 7) is 0.784. The minimum absolute atomic E-state index is 0.240. The van der Waals surface area contributed by atoms with Crippen LogP contribution in [0.4, 0.5) is 5.69 Å². The summed E-state index contributed by atoms with van der Waals surface area (Å²) in [6, 6.07) is 14.4. The maximum Gasteiger partial charge on any atom is 0.255 e. The lowest BCUT2D eigenvalue weighted by Gasteiger charge is -2.10. The third-order valence-corrected chi connectivity index (χ3v) is 2.87. The number of hydrogen-bond acceptors (Lipinski definition) is 4. The van der Waals surface area contributed by atoms with E-state index >= 15 is 0 Å². The van der Waals surface area contributed by atoms with E-state index in [4.69, 9.17) is 15.2 Å². The molecular weight excluding hydrogens is 268 g/mol. The Morgan fingerprint density at radius 1 is 1.19 bits per heavy atom. The second-order valence-corrected chi connectivity index (χ2v) is 4.38. The molecule has 0 radical (unpaired) electrons. The van der Waals surface area contributed by atoms with Gasteiger partial charge in [0.2, 0.25) is 0 Å². The van der Waals surface area contributed by atoms with Crippen molar-refractivity contribution in [3.63, 3.8) is 0 Å². The molecule has 1 amide bonds. The van der Waals surface area contributed by atoms with Crippen LogP contribution in [0.3, 0.4) is 0 Å². The van der Waals surface area contributed by atoms with Crippen LogP contribution in [0.1, 0.15) is 10.4 Å². The predicted octanol–water partition coefficient (Wildman–Crippen LogP) is 2.09. The van der Waals surface area contributed by atoms with E-state index in [1.165, 1.54) is 7.11 Å². The van der Waals surface area contributed by atoms with Gasteiger partial charge in [-0.3, -0.25) is 4.79 Å². The minimum Gasteiger partial charge on any atom is -0.496 e. The van der Waals surface area contributed by atoms with Crippen LogP contribution in [0.5, 0.6) is 11.5 Å². The number of anilines is 1. The normalized spacial score (nSPS) is 9.95. The van der Waals surface area contributed by atoms with Crippen molar-refractivity contribution in [3.05, 3.63) is 54.1 Å². The van der Waals surface area contributed by atoms with Crippen LogP contribution in [0.2, 0.25) is 0 Å². The number of nitrogens with two attached hydrogens (primary N) is 1. The van der Waals surface area contributed by atoms with Crippen molar-refractivity contribution in [1.82, 2.24) is 5.32 Å². The van der Waals surface area contributed by atoms with E-state index in [1.807, 2.05) is 30.3 Å². The average molecular weight is 286 g/mol. The Balaban J connectivity index is 1.86. The number of benzene rings is 2. The molecule has 0 aromatic heterocycles. The molecule has 2 rings (SSSR count). The smallest absolute Gasteiger partial charge is 0.255 e. The van der Waals surface area contributed by atoms with Gasteiger partial charge in [-0.15, -0.1) is 0 Å². The van der Waals surface area contributed by atoms with Crippen LogP contribution in [0, 0.1) is 0 Å². The summed E-state index contributed by atoms with van der Waals surface area (Å²) in [4.78, 5) is 12.1. The Kier molecular flexibility index (Phi) is 5.04. The Labute approximate surface area is 123 Å². The van der Waals surface area contributed by atoms with Crippen molar-refractivity contribution in [2.45, 2.75) is 0 Å². The van der Waals surface area contributed by atoms with Crippen LogP contribution in [-0.4, -0.2) is 26.2 Å². The molecule has 0 aliphatic heterocycles. The number of rotatable bonds is 6. The van der Waals surface area contributed by atoms with E-state index in [2.05, 4.69) is 5.32 Å². The number of nitrogens with one attached hydrogen (secondary N) is 1. The molecule has 2 aromatic rings. The van der Waals surface area contributed by atoms with Crippen molar-refractivity contribution >= 4 is 11.6 Å². The van der Waals surface area contributed by atoms with Crippen LogP contribution in [0.25, 0.3) is 0 Å². The third kappa shape index (κ3) is 4.14. The molecule has 0 fully saturated rings. The number of hydrogen-bond donors (Lipinski definition) is 2. The lowest BCUT2D eigenvalue weighted by atomic mass is 10.1. The number of methoxy groups -OCH3 is 1. The fourth-order valence-electron chi connectivity index (χ4n) is 1.85. The minimum atomic E-state index is -0.240. The fourth-order valence-corrected chi connectivity index (χ4v) is 1.85. The lowest BCUT2D eigenvalue weighted by molar-refractivity contribution is 0.0944. The standard InChI is InChI=1S/C16H18N2O3/c1-20-15-8-7-12(17)11-14(15)16(19)18-9-10-21-13-5-3-2-4-6-13/h2-8,11H,9-10,17H2,1H3,(H,18,19). The molecule has 0 heterocycles. The molecule has 110 valence electrons. The highest BCUT2D eigenvalue weighted by Gasteiger charge is 2.12. The number of carbonyl (C=O) groups is 1. The molecule has 0 aliphatic rings. The topological polar surface area (TPSA) is 73.6 Å². The molecule has 0 bridgehead atoms. The van der Waals surface area contributed by atoms with Gasteiger partial charge in [-0.25, -0.2) is 0 Å². The molecular formula is C16H18N2O3. The Hall–Kier alpha value is -2.69. The molecule has 0 saturated heterocycles. The summed E-state index contributed by atoms with van der Waals surface area (Å²) in [6.07, 6.45) is 0. The summed E-state index contributed by atoms with van der Waals surface area (Å²) >= 11 is 0. The quantitative estimate of drug-likeness (QED) is 0.630. The van der Waals surface area contributed by atoms with Gasteiger partial charge in [-0.05, 0) is 30.3 Å². The Bertz CT molecular complexity index is 600. The van der Waals surface area contributed by atoms with Gasteiger partial charge >= 0.3 is 0 Å². The van der Waals surface area contributed by atoms with Crippen molar-refractivity contribution in [2.24, 2.45) is 0 Å². The third-order valence-electron chi connectivity index (χ3n) is 2.87. The largest absolute Gasteiger partial charge is 0.496 e. The summed E-state index contributed by atoms with van der Waals surface area (Å²) in [5.74, 6) is 1.02. The second-order valence-electron chi connectivity index (χ2n) is 4.38. The molecule has 3 N–H and O–H groups in total. The van der Waals surface area contributed by atoms with Gasteiger partial charge < -0.3 is 20.5 Å². The number of nitrogen functional groups attached to an aromatic ring is 1. The highest BCUT2D eigenvalue weighted by atomic mass is 16.5. The van der Waals surface area contributed by atoms with E-state index in [0.717, 1.165) is 5.75 Å². The van der Waals surface area contributed by atoms with E-state index in [0.29, 0.717) is 30.2 Å². The summed E-state index contributed by atoms with van der Waals surface area (Å²) in [5.41, 5.74) is 6.62. The molecule has 0 unspecified atom stereocenters. The van der Waals surface area contributed by atoms with Gasteiger partial charge in [-0.2, -0.15) is 0 Å². The summed E-state index contributed by atoms with van der Waals surface area (Å²) < 4.78 is 10.7. The lowest BCUT2D eigenvalue weighted by Crippen LogP contribution is -2.28. The van der Waals surface area contributed by atoms with Gasteiger partial charge in [0.1, 0.15) is 18.1 Å². The summed E-state index contributed by atoms with van der Waals surface area (Å²) in [7, 11) is 1.51. The first-order valence-electron chi connectivity index (χ1n) is 6.60. The average Bonchev–Trinajstić information content (AvgIpc) is 2.52. The van der Waals surface area contributed by atoms with Gasteiger partial charge in [0, 0.05) is 5.69 Å². The van der Waals surface area contributed by atoms with Crippen molar-refractivity contribution < 1.29 is 14.3 Å². The number of amides is 1. The van der Waals surface area contributed by atoms with Crippen LogP contribution in [-0.2, 0) is 0 Å². The predicted molar refractivity (Wildman–Crippen MR) is 81.7 cm³/mol. The highest BCUT2D eigenvalue weighted by molar-refractivity contribution is 5.97. The van der Waals surface area contributed by atoms with E-state index in [1.54, 1.807) is 18.2 Å². The van der Waals surface area contributed by atoms with Crippen LogP contribution in [0.15, 0.2) is 48.5 Å². The molecule has 0 aliphatic carbocycles. The zero-order valence-electron chi connectivity index (χ0n) is 11.8. The highest BCUT2D eigenvalue weighted by Crippen LogP contribution is 2.20. The molecule has 0 spiro atoms. The first kappa shape index (κ1) is 14.7. The van der Waals surface area contributed by atoms with Crippen LogP contribution < -0.4 is 20.5 Å². The molecule has 5 nitrogen and oxygen atoms in total. The van der Waals surface area contributed by atoms with Crippen LogP contribution >= 0.6 is 0 Å². The molecule has 5 heteroatoms. The van der Waals surface area contributed by atoms with E-state index in [-0.39, 0.29) is 5.91 Å². The number of carbonyl (C=O) groups excluding carboxylic acids is 1. The van der Waals surface area contributed by atoms with Crippen molar-refractivity contribution in [1.29, 1.82) is 0 Å². The molecule has 21 heavy (non-hydrogen) atoms. The fraction of sp³-hybridized carbons (Fsp3) is 0.188. The van der Waals surface area contributed by atoms with Crippen molar-refractivity contribution in [3.8, 4) is 11.5 Å². The Morgan fingerprint density at radius 3 is 2.67 bits per heavy atom. The van der Waals surface area contributed by atoms with Crippen molar-refractivity contribution in [2.75, 3.05) is 26.0 Å². The Morgan fingerprint density at radius 2 is 1.95 bits per heavy atom. The zero-order valence-corrected chi connectivity index (χ0v) is 11.8. The molecule has 0 atom stereocenters. The maximum atomic E-state index is 12.1. The molecule has 2 aromatic carbocycles. The zero-order chi connectivity index (χ0) is 15.1. The SMILES string of the molecule is COc1ccc(N)cc1C(=O)NCCOc1ccccc1. The maximum absolute atomic E-state index is 12.1. The number of ether oxygens (including phenoxy) is 2. The van der Waals surface area contributed by atoms with Gasteiger partial charge in [0.15, 0.2) is 0 Å². The van der Waals surface area contributed by atoms with Gasteiger partial charge in [0.25, 0.3) is 5.91 Å². The monoisotopic (exact) mass is 286 g/mol. The van der Waals surface area contributed by atoms with E-state index in [9.17, 15) is 4.79 Å². The molecule has 0 saturated carbocycles. The number of para-hydroxylation sites is 1. The second kappa shape index (κ2) is 7.19. The first-order chi connectivity index (χ1) is 10.2. The summed E-state index contributed by atoms with van der Waals surface area (Å²) in [5, 5.41) is 2.77.